The molecule has 1 unspecified atom stereocenters. The molecule has 1 fully saturated rings. The van der Waals surface area contributed by atoms with E-state index in [0.29, 0.717) is 0 Å². The molecule has 1 aromatic carbocycles. The average molecular weight is 372 g/mol. The van der Waals surface area contributed by atoms with E-state index in [4.69, 9.17) is 0 Å². The zero-order valence-electron chi connectivity index (χ0n) is 15.8. The summed E-state index contributed by atoms with van der Waals surface area (Å²) in [6.45, 7) is 7.10. The molecule has 3 rings (SSSR count). The lowest BCUT2D eigenvalue weighted by Gasteiger charge is -2.33. The molecule has 0 spiro atoms. The molecular weight excluding hydrogens is 342 g/mol. The van der Waals surface area contributed by atoms with Crippen molar-refractivity contribution in [3.63, 3.8) is 0 Å². The first-order chi connectivity index (χ1) is 12.7. The van der Waals surface area contributed by atoms with Gasteiger partial charge < -0.3 is 5.32 Å². The highest BCUT2D eigenvalue weighted by Crippen LogP contribution is 2.21. The number of carbonyl (C=O) groups is 1. The maximum atomic E-state index is 12.7. The summed E-state index contributed by atoms with van der Waals surface area (Å²) in [6, 6.07) is 10.8. The summed E-state index contributed by atoms with van der Waals surface area (Å²) in [5.41, 5.74) is 2.20. The SMILES string of the molecule is CCCCc1nc(C)c(C(=O)NC2CCCN(Cc3ccccc3)C2)s1. The molecule has 1 aliphatic rings. The van der Waals surface area contributed by atoms with Gasteiger partial charge in [-0.15, -0.1) is 11.3 Å². The van der Waals surface area contributed by atoms with E-state index in [2.05, 4.69) is 52.5 Å². The largest absolute Gasteiger partial charge is 0.347 e. The lowest BCUT2D eigenvalue weighted by Crippen LogP contribution is -2.47. The molecule has 4 nitrogen and oxygen atoms in total. The van der Waals surface area contributed by atoms with Crippen molar-refractivity contribution in [3.8, 4) is 0 Å². The Morgan fingerprint density at radius 1 is 1.35 bits per heavy atom. The van der Waals surface area contributed by atoms with E-state index in [1.54, 1.807) is 11.3 Å². The van der Waals surface area contributed by atoms with Crippen LogP contribution in [-0.2, 0) is 13.0 Å². The second-order valence-corrected chi connectivity index (χ2v) is 8.24. The van der Waals surface area contributed by atoms with Gasteiger partial charge in [-0.05, 0) is 44.7 Å². The molecule has 1 amide bonds. The van der Waals surface area contributed by atoms with Crippen LogP contribution < -0.4 is 5.32 Å². The number of hydrogen-bond acceptors (Lipinski definition) is 4. The lowest BCUT2D eigenvalue weighted by atomic mass is 10.0. The quantitative estimate of drug-likeness (QED) is 0.794. The van der Waals surface area contributed by atoms with Crippen LogP contribution in [0.5, 0.6) is 0 Å². The van der Waals surface area contributed by atoms with Gasteiger partial charge in [0.2, 0.25) is 0 Å². The first kappa shape index (κ1) is 19.1. The standard InChI is InChI=1S/C21H29N3OS/c1-3-4-12-19-22-16(2)20(26-19)21(25)23-18-11-8-13-24(15-18)14-17-9-6-5-7-10-17/h5-7,9-10,18H,3-4,8,11-15H2,1-2H3,(H,23,25). The Morgan fingerprint density at radius 2 is 2.15 bits per heavy atom. The van der Waals surface area contributed by atoms with E-state index >= 15 is 0 Å². The predicted molar refractivity (Wildman–Crippen MR) is 108 cm³/mol. The minimum Gasteiger partial charge on any atom is -0.347 e. The summed E-state index contributed by atoms with van der Waals surface area (Å²) in [6.07, 6.45) is 5.44. The van der Waals surface area contributed by atoms with Gasteiger partial charge in [-0.3, -0.25) is 9.69 Å². The molecule has 140 valence electrons. The molecule has 0 radical (unpaired) electrons. The molecular formula is C21H29N3OS. The summed E-state index contributed by atoms with van der Waals surface area (Å²) >= 11 is 1.56. The number of benzene rings is 1. The Kier molecular flexibility index (Phi) is 6.80. The highest BCUT2D eigenvalue weighted by molar-refractivity contribution is 7.13. The number of nitrogens with one attached hydrogen (secondary N) is 1. The van der Waals surface area contributed by atoms with Crippen LogP contribution in [-0.4, -0.2) is 34.9 Å². The van der Waals surface area contributed by atoms with E-state index in [0.717, 1.165) is 67.3 Å². The molecule has 2 heterocycles. The van der Waals surface area contributed by atoms with E-state index in [9.17, 15) is 4.79 Å². The summed E-state index contributed by atoms with van der Waals surface area (Å²) < 4.78 is 0. The van der Waals surface area contributed by atoms with Crippen LogP contribution in [0.1, 0.15) is 58.5 Å². The Morgan fingerprint density at radius 3 is 2.92 bits per heavy atom. The van der Waals surface area contributed by atoms with Gasteiger partial charge in [0.15, 0.2) is 0 Å². The number of amides is 1. The highest BCUT2D eigenvalue weighted by Gasteiger charge is 2.23. The fourth-order valence-electron chi connectivity index (χ4n) is 3.51. The number of hydrogen-bond donors (Lipinski definition) is 1. The summed E-state index contributed by atoms with van der Waals surface area (Å²) in [5.74, 6) is 0.0503. The monoisotopic (exact) mass is 371 g/mol. The predicted octanol–water partition coefficient (Wildman–Crippen LogP) is 4.19. The Balaban J connectivity index is 1.56. The highest BCUT2D eigenvalue weighted by atomic mass is 32.1. The van der Waals surface area contributed by atoms with Gasteiger partial charge in [0.25, 0.3) is 5.91 Å². The molecule has 1 aromatic heterocycles. The van der Waals surface area contributed by atoms with Crippen LogP contribution in [0.3, 0.4) is 0 Å². The van der Waals surface area contributed by atoms with Crippen LogP contribution in [0, 0.1) is 6.92 Å². The number of nitrogens with zero attached hydrogens (tertiary/aromatic N) is 2. The fourth-order valence-corrected chi connectivity index (χ4v) is 4.52. The van der Waals surface area contributed by atoms with Crippen molar-refractivity contribution in [2.24, 2.45) is 0 Å². The van der Waals surface area contributed by atoms with Crippen molar-refractivity contribution in [2.45, 2.75) is 58.5 Å². The smallest absolute Gasteiger partial charge is 0.263 e. The third-order valence-electron chi connectivity index (χ3n) is 4.88. The van der Waals surface area contributed by atoms with Gasteiger partial charge in [-0.25, -0.2) is 4.98 Å². The first-order valence-corrected chi connectivity index (χ1v) is 10.5. The van der Waals surface area contributed by atoms with E-state index in [-0.39, 0.29) is 11.9 Å². The number of piperidine rings is 1. The maximum absolute atomic E-state index is 12.7. The topological polar surface area (TPSA) is 45.2 Å². The van der Waals surface area contributed by atoms with Crippen molar-refractivity contribution in [1.29, 1.82) is 0 Å². The summed E-state index contributed by atoms with van der Waals surface area (Å²) in [4.78, 5) is 20.5. The van der Waals surface area contributed by atoms with E-state index in [1.807, 2.05) is 6.92 Å². The second-order valence-electron chi connectivity index (χ2n) is 7.16. The molecule has 0 bridgehead atoms. The second kappa shape index (κ2) is 9.28. The number of thiazole rings is 1. The normalized spacial score (nSPS) is 18.0. The molecule has 0 aliphatic carbocycles. The molecule has 2 aromatic rings. The zero-order chi connectivity index (χ0) is 18.4. The third kappa shape index (κ3) is 5.15. The third-order valence-corrected chi connectivity index (χ3v) is 6.10. The van der Waals surface area contributed by atoms with Crippen molar-refractivity contribution < 1.29 is 4.79 Å². The first-order valence-electron chi connectivity index (χ1n) is 9.69. The average Bonchev–Trinajstić information content (AvgIpc) is 3.02. The lowest BCUT2D eigenvalue weighted by molar-refractivity contribution is 0.0904. The number of rotatable bonds is 7. The number of aryl methyl sites for hydroxylation is 2. The number of unbranched alkanes of at least 4 members (excludes halogenated alkanes) is 1. The fraction of sp³-hybridized carbons (Fsp3) is 0.524. The molecule has 1 aliphatic heterocycles. The van der Waals surface area contributed by atoms with Crippen molar-refractivity contribution in [1.82, 2.24) is 15.2 Å². The van der Waals surface area contributed by atoms with Gasteiger partial charge in [-0.2, -0.15) is 0 Å². The molecule has 26 heavy (non-hydrogen) atoms. The molecule has 5 heteroatoms. The van der Waals surface area contributed by atoms with Crippen LogP contribution in [0.15, 0.2) is 30.3 Å². The Hall–Kier alpha value is -1.72. The van der Waals surface area contributed by atoms with Crippen LogP contribution in [0.2, 0.25) is 0 Å². The zero-order valence-corrected chi connectivity index (χ0v) is 16.6. The van der Waals surface area contributed by atoms with Gasteiger partial charge in [-0.1, -0.05) is 43.7 Å². The minimum atomic E-state index is 0.0503. The van der Waals surface area contributed by atoms with Crippen molar-refractivity contribution >= 4 is 17.2 Å². The molecule has 1 atom stereocenters. The van der Waals surface area contributed by atoms with Gasteiger partial charge in [0, 0.05) is 19.1 Å². The molecule has 0 saturated carbocycles. The Labute approximate surface area is 160 Å². The number of aromatic nitrogens is 1. The van der Waals surface area contributed by atoms with Gasteiger partial charge >= 0.3 is 0 Å². The molecule has 1 saturated heterocycles. The van der Waals surface area contributed by atoms with Crippen molar-refractivity contribution in [2.75, 3.05) is 13.1 Å². The van der Waals surface area contributed by atoms with Gasteiger partial charge in [0.05, 0.1) is 10.7 Å². The Bertz CT molecular complexity index is 713. The summed E-state index contributed by atoms with van der Waals surface area (Å²) in [7, 11) is 0. The maximum Gasteiger partial charge on any atom is 0.263 e. The molecule has 1 N–H and O–H groups in total. The van der Waals surface area contributed by atoms with Crippen LogP contribution in [0.25, 0.3) is 0 Å². The van der Waals surface area contributed by atoms with Crippen LogP contribution >= 0.6 is 11.3 Å². The summed E-state index contributed by atoms with van der Waals surface area (Å²) in [5, 5.41) is 4.34. The minimum absolute atomic E-state index is 0.0503. The number of carbonyl (C=O) groups excluding carboxylic acids is 1. The van der Waals surface area contributed by atoms with Crippen molar-refractivity contribution in [3.05, 3.63) is 51.5 Å². The van der Waals surface area contributed by atoms with Gasteiger partial charge in [0.1, 0.15) is 4.88 Å². The van der Waals surface area contributed by atoms with E-state index in [1.165, 1.54) is 5.56 Å². The van der Waals surface area contributed by atoms with Crippen LogP contribution in [0.4, 0.5) is 0 Å². The number of likely N-dealkylation sites (tertiary alicyclic amines) is 1. The van der Waals surface area contributed by atoms with E-state index < -0.39 is 0 Å².